The molecular formula is C12H13ClN4O2. The van der Waals surface area contributed by atoms with Gasteiger partial charge in [0.25, 0.3) is 0 Å². The number of amides is 1. The Labute approximate surface area is 114 Å². The fraction of sp³-hybridized carbons (Fsp3) is 0.167. The van der Waals surface area contributed by atoms with E-state index in [9.17, 15) is 9.90 Å². The van der Waals surface area contributed by atoms with E-state index in [0.717, 1.165) is 0 Å². The molecule has 0 aliphatic heterocycles. The second-order valence-corrected chi connectivity index (χ2v) is 4.47. The number of hydrogen-bond donors (Lipinski definition) is 3. The topological polar surface area (TPSA) is 93.2 Å². The summed E-state index contributed by atoms with van der Waals surface area (Å²) in [7, 11) is 1.69. The van der Waals surface area contributed by atoms with E-state index in [1.54, 1.807) is 7.05 Å². The third-order valence-corrected chi connectivity index (χ3v) is 3.00. The molecule has 4 N–H and O–H groups in total. The van der Waals surface area contributed by atoms with Crippen molar-refractivity contribution in [2.45, 2.75) is 6.92 Å². The number of aromatic nitrogens is 2. The zero-order valence-electron chi connectivity index (χ0n) is 10.4. The molecule has 0 aliphatic carbocycles. The zero-order valence-corrected chi connectivity index (χ0v) is 11.2. The number of nitrogen functional groups attached to an aromatic ring is 1. The van der Waals surface area contributed by atoms with Crippen LogP contribution in [0, 0.1) is 0 Å². The Hall–Kier alpha value is -2.21. The highest BCUT2D eigenvalue weighted by Gasteiger charge is 2.19. The molecule has 0 spiro atoms. The van der Waals surface area contributed by atoms with E-state index in [1.807, 2.05) is 0 Å². The van der Waals surface area contributed by atoms with E-state index in [-0.39, 0.29) is 17.3 Å². The Morgan fingerprint density at radius 2 is 2.21 bits per heavy atom. The van der Waals surface area contributed by atoms with Crippen LogP contribution in [-0.2, 0) is 11.8 Å². The summed E-state index contributed by atoms with van der Waals surface area (Å²) >= 11 is 6.15. The fourth-order valence-corrected chi connectivity index (χ4v) is 2.03. The Morgan fingerprint density at radius 1 is 1.53 bits per heavy atom. The highest BCUT2D eigenvalue weighted by Crippen LogP contribution is 2.42. The van der Waals surface area contributed by atoms with E-state index in [1.165, 1.54) is 29.9 Å². The fourth-order valence-electron chi connectivity index (χ4n) is 1.77. The number of rotatable bonds is 2. The summed E-state index contributed by atoms with van der Waals surface area (Å²) in [5.74, 6) is -0.0155. The number of nitrogens with zero attached hydrogens (tertiary/aromatic N) is 2. The molecule has 19 heavy (non-hydrogen) atoms. The number of phenolic OH excluding ortho intramolecular Hbond substituents is 1. The van der Waals surface area contributed by atoms with Gasteiger partial charge in [-0.1, -0.05) is 11.6 Å². The van der Waals surface area contributed by atoms with E-state index in [2.05, 4.69) is 10.4 Å². The molecule has 0 bridgehead atoms. The van der Waals surface area contributed by atoms with Crippen LogP contribution in [0.4, 0.5) is 11.5 Å². The van der Waals surface area contributed by atoms with Gasteiger partial charge in [0.2, 0.25) is 5.91 Å². The quantitative estimate of drug-likeness (QED) is 0.733. The Balaban J connectivity index is 2.71. The van der Waals surface area contributed by atoms with E-state index in [0.29, 0.717) is 22.0 Å². The number of carbonyl (C=O) groups is 1. The summed E-state index contributed by atoms with van der Waals surface area (Å²) < 4.78 is 1.48. The minimum absolute atomic E-state index is 0.0853. The maximum atomic E-state index is 11.2. The summed E-state index contributed by atoms with van der Waals surface area (Å²) in [4.78, 5) is 11.2. The molecule has 1 heterocycles. The highest BCUT2D eigenvalue weighted by atomic mass is 35.5. The van der Waals surface area contributed by atoms with Gasteiger partial charge in [0.15, 0.2) is 0 Å². The minimum atomic E-state index is -0.318. The Morgan fingerprint density at radius 3 is 2.74 bits per heavy atom. The molecule has 2 rings (SSSR count). The van der Waals surface area contributed by atoms with E-state index in [4.69, 9.17) is 17.3 Å². The van der Waals surface area contributed by atoms with Crippen LogP contribution in [0.2, 0.25) is 5.02 Å². The molecule has 2 aromatic rings. The molecule has 0 unspecified atom stereocenters. The zero-order chi connectivity index (χ0) is 14.2. The van der Waals surface area contributed by atoms with Crippen molar-refractivity contribution in [1.29, 1.82) is 0 Å². The first-order valence-corrected chi connectivity index (χ1v) is 5.86. The molecule has 0 saturated heterocycles. The summed E-state index contributed by atoms with van der Waals surface area (Å²) in [5.41, 5.74) is 7.12. The average molecular weight is 281 g/mol. The van der Waals surface area contributed by atoms with Crippen molar-refractivity contribution >= 4 is 29.0 Å². The third kappa shape index (κ3) is 2.34. The molecule has 1 aromatic carbocycles. The van der Waals surface area contributed by atoms with Crippen molar-refractivity contribution in [2.24, 2.45) is 7.05 Å². The predicted molar refractivity (Wildman–Crippen MR) is 74.0 cm³/mol. The molecule has 0 saturated carbocycles. The number of phenols is 1. The number of carbonyl (C=O) groups excluding carboxylic acids is 1. The summed E-state index contributed by atoms with van der Waals surface area (Å²) in [6.45, 7) is 1.34. The number of benzene rings is 1. The number of nitrogens with two attached hydrogens (primary N) is 1. The number of hydrogen-bond acceptors (Lipinski definition) is 4. The first kappa shape index (κ1) is 13.2. The smallest absolute Gasteiger partial charge is 0.221 e. The van der Waals surface area contributed by atoms with Gasteiger partial charge in [0.05, 0.1) is 16.9 Å². The van der Waals surface area contributed by atoms with Crippen LogP contribution in [-0.4, -0.2) is 20.8 Å². The van der Waals surface area contributed by atoms with Crippen molar-refractivity contribution in [3.63, 3.8) is 0 Å². The van der Waals surface area contributed by atoms with Crippen LogP contribution in [0.3, 0.4) is 0 Å². The van der Waals surface area contributed by atoms with Gasteiger partial charge in [-0.15, -0.1) is 0 Å². The van der Waals surface area contributed by atoms with Crippen molar-refractivity contribution < 1.29 is 9.90 Å². The van der Waals surface area contributed by atoms with Crippen LogP contribution in [0.25, 0.3) is 11.1 Å². The Bertz CT molecular complexity index is 651. The number of anilines is 2. The van der Waals surface area contributed by atoms with Gasteiger partial charge in [-0.2, -0.15) is 5.10 Å². The minimum Gasteiger partial charge on any atom is -0.506 e. The van der Waals surface area contributed by atoms with Gasteiger partial charge >= 0.3 is 0 Å². The lowest BCUT2D eigenvalue weighted by Gasteiger charge is -2.13. The molecule has 7 heteroatoms. The van der Waals surface area contributed by atoms with Gasteiger partial charge in [0.1, 0.15) is 11.6 Å². The van der Waals surface area contributed by atoms with Crippen molar-refractivity contribution in [3.05, 3.63) is 23.4 Å². The molecule has 0 aliphatic rings. The molecule has 1 amide bonds. The van der Waals surface area contributed by atoms with Crippen LogP contribution in [0.5, 0.6) is 5.75 Å². The van der Waals surface area contributed by atoms with Gasteiger partial charge in [0, 0.05) is 25.1 Å². The first-order chi connectivity index (χ1) is 8.91. The van der Waals surface area contributed by atoms with Crippen molar-refractivity contribution in [2.75, 3.05) is 11.1 Å². The molecule has 0 atom stereocenters. The lowest BCUT2D eigenvalue weighted by Crippen LogP contribution is -2.08. The van der Waals surface area contributed by atoms with Gasteiger partial charge < -0.3 is 16.2 Å². The van der Waals surface area contributed by atoms with Crippen LogP contribution < -0.4 is 11.1 Å². The molecule has 1 aromatic heterocycles. The van der Waals surface area contributed by atoms with Gasteiger partial charge in [-0.25, -0.2) is 0 Å². The monoisotopic (exact) mass is 280 g/mol. The number of halogens is 1. The molecular weight excluding hydrogens is 268 g/mol. The molecule has 0 fully saturated rings. The second kappa shape index (κ2) is 4.81. The first-order valence-electron chi connectivity index (χ1n) is 5.48. The number of aryl methyl sites for hydroxylation is 1. The third-order valence-electron chi connectivity index (χ3n) is 2.69. The van der Waals surface area contributed by atoms with E-state index < -0.39 is 0 Å². The van der Waals surface area contributed by atoms with Crippen molar-refractivity contribution in [3.8, 4) is 16.9 Å². The normalized spacial score (nSPS) is 10.5. The van der Waals surface area contributed by atoms with Gasteiger partial charge in [-0.05, 0) is 12.1 Å². The molecule has 100 valence electrons. The Kier molecular flexibility index (Phi) is 3.35. The molecule has 0 radical (unpaired) electrons. The summed E-state index contributed by atoms with van der Waals surface area (Å²) in [6, 6.07) is 2.94. The summed E-state index contributed by atoms with van der Waals surface area (Å²) in [6.07, 6.45) is 1.53. The molecule has 6 nitrogen and oxygen atoms in total. The largest absolute Gasteiger partial charge is 0.506 e. The van der Waals surface area contributed by atoms with Crippen LogP contribution in [0.1, 0.15) is 6.92 Å². The standard InChI is InChI=1S/C12H13ClN4O2/c1-6(18)16-11-9(19)4-3-8(13)10(11)7-5-15-17(2)12(7)14/h3-5,19H,14H2,1-2H3,(H,16,18). The summed E-state index contributed by atoms with van der Waals surface area (Å²) in [5, 5.41) is 16.8. The average Bonchev–Trinajstić information content (AvgIpc) is 2.65. The number of aromatic hydroxyl groups is 1. The maximum absolute atomic E-state index is 11.2. The SMILES string of the molecule is CC(=O)Nc1c(O)ccc(Cl)c1-c1cnn(C)c1N. The van der Waals surface area contributed by atoms with Gasteiger partial charge in [-0.3, -0.25) is 9.48 Å². The lowest BCUT2D eigenvalue weighted by molar-refractivity contribution is -0.114. The van der Waals surface area contributed by atoms with E-state index >= 15 is 0 Å². The van der Waals surface area contributed by atoms with Crippen LogP contribution >= 0.6 is 11.6 Å². The number of nitrogens with one attached hydrogen (secondary N) is 1. The highest BCUT2D eigenvalue weighted by molar-refractivity contribution is 6.34. The van der Waals surface area contributed by atoms with Crippen LogP contribution in [0.15, 0.2) is 18.3 Å². The van der Waals surface area contributed by atoms with Crippen molar-refractivity contribution in [1.82, 2.24) is 9.78 Å². The maximum Gasteiger partial charge on any atom is 0.221 e. The lowest BCUT2D eigenvalue weighted by atomic mass is 10.1. The second-order valence-electron chi connectivity index (χ2n) is 4.06. The predicted octanol–water partition coefficient (Wildman–Crippen LogP) is 1.99.